The van der Waals surface area contributed by atoms with Crippen LogP contribution in [0, 0.1) is 0 Å². The predicted octanol–water partition coefficient (Wildman–Crippen LogP) is 3.20. The highest BCUT2D eigenvalue weighted by Crippen LogP contribution is 2.37. The van der Waals surface area contributed by atoms with Crippen LogP contribution >= 0.6 is 0 Å². The fourth-order valence-corrected chi connectivity index (χ4v) is 4.83. The first-order valence-electron chi connectivity index (χ1n) is 11.3. The molecular formula is C23H30N6O. The van der Waals surface area contributed by atoms with Gasteiger partial charge in [0, 0.05) is 25.6 Å². The van der Waals surface area contributed by atoms with Crippen LogP contribution in [0.2, 0.25) is 0 Å². The second-order valence-electron chi connectivity index (χ2n) is 8.59. The van der Waals surface area contributed by atoms with E-state index in [1.807, 2.05) is 15.2 Å². The zero-order valence-electron chi connectivity index (χ0n) is 17.6. The lowest BCUT2D eigenvalue weighted by molar-refractivity contribution is 0.536. The minimum atomic E-state index is 0.0234. The summed E-state index contributed by atoms with van der Waals surface area (Å²) in [6, 6.07) is 10.5. The first kappa shape index (κ1) is 19.3. The molecule has 0 amide bonds. The largest absolute Gasteiger partial charge is 0.364 e. The van der Waals surface area contributed by atoms with E-state index in [0.29, 0.717) is 19.0 Å². The zero-order chi connectivity index (χ0) is 20.5. The Balaban J connectivity index is 1.40. The van der Waals surface area contributed by atoms with Crippen LogP contribution in [0.5, 0.6) is 0 Å². The summed E-state index contributed by atoms with van der Waals surface area (Å²) in [7, 11) is 0. The van der Waals surface area contributed by atoms with Gasteiger partial charge in [-0.25, -0.2) is 14.8 Å². The first-order chi connectivity index (χ1) is 14.7. The summed E-state index contributed by atoms with van der Waals surface area (Å²) in [5.41, 5.74) is 2.14. The van der Waals surface area contributed by atoms with Crippen LogP contribution in [0.4, 0.5) is 5.82 Å². The fourth-order valence-electron chi connectivity index (χ4n) is 4.83. The van der Waals surface area contributed by atoms with Crippen molar-refractivity contribution in [1.29, 1.82) is 0 Å². The smallest absolute Gasteiger partial charge is 0.331 e. The van der Waals surface area contributed by atoms with Crippen molar-refractivity contribution in [1.82, 2.24) is 24.4 Å². The Hall–Kier alpha value is -2.67. The standard InChI is InChI=1S/C23H30N6O/c1-2-12-28-22-19(26-20(27-22)17-10-6-7-11-17)21-25-18(15-29(21)23(28)30)14-24-13-16-8-4-3-5-9-16/h3-5,8-9,17-18,24-25H,2,6-7,10-15H2,1H3. The number of hydrogen-bond acceptors (Lipinski definition) is 5. The number of nitrogens with zero attached hydrogens (tertiary/aromatic N) is 4. The Kier molecular flexibility index (Phi) is 5.29. The average molecular weight is 407 g/mol. The lowest BCUT2D eigenvalue weighted by Gasteiger charge is -2.13. The highest BCUT2D eigenvalue weighted by molar-refractivity contribution is 5.70. The molecule has 0 saturated heterocycles. The third-order valence-corrected chi connectivity index (χ3v) is 6.34. The van der Waals surface area contributed by atoms with Crippen molar-refractivity contribution < 1.29 is 0 Å². The number of benzene rings is 1. The van der Waals surface area contributed by atoms with Gasteiger partial charge in [-0.05, 0) is 24.8 Å². The number of anilines is 1. The molecule has 7 nitrogen and oxygen atoms in total. The van der Waals surface area contributed by atoms with E-state index in [1.54, 1.807) is 0 Å². The number of nitrogens with one attached hydrogen (secondary N) is 2. The fraction of sp³-hybridized carbons (Fsp3) is 0.522. The van der Waals surface area contributed by atoms with Crippen molar-refractivity contribution in [3.05, 3.63) is 52.2 Å². The van der Waals surface area contributed by atoms with Crippen LogP contribution in [0.3, 0.4) is 0 Å². The molecular weight excluding hydrogens is 376 g/mol. The summed E-state index contributed by atoms with van der Waals surface area (Å²) in [5.74, 6) is 2.95. The number of hydrogen-bond donors (Lipinski definition) is 2. The lowest BCUT2D eigenvalue weighted by Crippen LogP contribution is -2.34. The molecule has 3 heterocycles. The van der Waals surface area contributed by atoms with Crippen LogP contribution in [0.15, 0.2) is 35.1 Å². The van der Waals surface area contributed by atoms with E-state index in [-0.39, 0.29) is 11.7 Å². The Morgan fingerprint density at radius 2 is 1.97 bits per heavy atom. The zero-order valence-corrected chi connectivity index (χ0v) is 17.6. The van der Waals surface area contributed by atoms with Gasteiger partial charge in [-0.2, -0.15) is 0 Å². The SMILES string of the molecule is CCCn1c2nc(C3CCCC3)nc-2c2n(c1=O)CC(CNCc1ccccc1)N2. The van der Waals surface area contributed by atoms with Gasteiger partial charge in [-0.15, -0.1) is 0 Å². The molecule has 158 valence electrons. The van der Waals surface area contributed by atoms with Crippen LogP contribution < -0.4 is 16.3 Å². The van der Waals surface area contributed by atoms with Crippen LogP contribution in [-0.2, 0) is 19.6 Å². The van der Waals surface area contributed by atoms with Gasteiger partial charge in [0.2, 0.25) is 0 Å². The summed E-state index contributed by atoms with van der Waals surface area (Å²) in [6.45, 7) is 5.03. The van der Waals surface area contributed by atoms with E-state index in [2.05, 4.69) is 41.8 Å². The van der Waals surface area contributed by atoms with E-state index in [0.717, 1.165) is 55.5 Å². The number of imidazole rings is 1. The third kappa shape index (κ3) is 3.51. The number of rotatable bonds is 7. The van der Waals surface area contributed by atoms with Crippen molar-refractivity contribution in [2.75, 3.05) is 11.9 Å². The summed E-state index contributed by atoms with van der Waals surface area (Å²) in [5, 5.41) is 7.08. The molecule has 1 aromatic rings. The monoisotopic (exact) mass is 406 g/mol. The molecule has 5 rings (SSSR count). The summed E-state index contributed by atoms with van der Waals surface area (Å²) in [6.07, 6.45) is 5.71. The Labute approximate surface area is 176 Å². The summed E-state index contributed by atoms with van der Waals surface area (Å²) < 4.78 is 3.69. The maximum atomic E-state index is 13.2. The second kappa shape index (κ2) is 8.22. The highest BCUT2D eigenvalue weighted by atomic mass is 16.1. The van der Waals surface area contributed by atoms with Crippen LogP contribution in [0.1, 0.15) is 56.3 Å². The summed E-state index contributed by atoms with van der Waals surface area (Å²) >= 11 is 0. The van der Waals surface area contributed by atoms with Gasteiger partial charge in [-0.3, -0.25) is 9.13 Å². The van der Waals surface area contributed by atoms with Crippen LogP contribution in [-0.4, -0.2) is 31.7 Å². The van der Waals surface area contributed by atoms with Gasteiger partial charge in [0.1, 0.15) is 17.3 Å². The summed E-state index contributed by atoms with van der Waals surface area (Å²) in [4.78, 5) is 23.0. The minimum Gasteiger partial charge on any atom is -0.364 e. The quantitative estimate of drug-likeness (QED) is 0.630. The third-order valence-electron chi connectivity index (χ3n) is 6.34. The molecule has 1 aromatic carbocycles. The normalized spacial score (nSPS) is 18.8. The van der Waals surface area contributed by atoms with Crippen molar-refractivity contribution in [3.8, 4) is 11.5 Å². The molecule has 4 aliphatic rings. The van der Waals surface area contributed by atoms with Gasteiger partial charge in [0.25, 0.3) is 0 Å². The van der Waals surface area contributed by atoms with Gasteiger partial charge in [0.15, 0.2) is 5.82 Å². The molecule has 1 atom stereocenters. The van der Waals surface area contributed by atoms with Gasteiger partial charge >= 0.3 is 5.69 Å². The Bertz CT molecular complexity index is 1030. The lowest BCUT2D eigenvalue weighted by atomic mass is 10.1. The molecule has 3 aliphatic heterocycles. The van der Waals surface area contributed by atoms with Crippen molar-refractivity contribution in [3.63, 3.8) is 0 Å². The molecule has 7 heteroatoms. The topological polar surface area (TPSA) is 76.8 Å². The van der Waals surface area contributed by atoms with Crippen LogP contribution in [0.25, 0.3) is 11.5 Å². The molecule has 1 saturated carbocycles. The van der Waals surface area contributed by atoms with E-state index in [4.69, 9.17) is 9.97 Å². The van der Waals surface area contributed by atoms with E-state index >= 15 is 0 Å². The molecule has 0 spiro atoms. The highest BCUT2D eigenvalue weighted by Gasteiger charge is 2.33. The van der Waals surface area contributed by atoms with E-state index < -0.39 is 0 Å². The first-order valence-corrected chi connectivity index (χ1v) is 11.3. The molecule has 2 N–H and O–H groups in total. The van der Waals surface area contributed by atoms with E-state index in [1.165, 1.54) is 18.4 Å². The van der Waals surface area contributed by atoms with Gasteiger partial charge in [0.05, 0.1) is 12.6 Å². The molecule has 1 aliphatic carbocycles. The van der Waals surface area contributed by atoms with E-state index in [9.17, 15) is 4.79 Å². The van der Waals surface area contributed by atoms with Crippen molar-refractivity contribution in [2.45, 2.75) is 70.6 Å². The van der Waals surface area contributed by atoms with Crippen molar-refractivity contribution >= 4 is 5.82 Å². The van der Waals surface area contributed by atoms with Gasteiger partial charge < -0.3 is 10.6 Å². The molecule has 1 unspecified atom stereocenters. The molecule has 1 fully saturated rings. The maximum Gasteiger partial charge on any atom is 0.331 e. The van der Waals surface area contributed by atoms with Gasteiger partial charge in [-0.1, -0.05) is 50.1 Å². The number of aromatic nitrogens is 4. The molecule has 0 bridgehead atoms. The molecule has 0 aromatic heterocycles. The maximum absolute atomic E-state index is 13.2. The predicted molar refractivity (Wildman–Crippen MR) is 118 cm³/mol. The van der Waals surface area contributed by atoms with Crippen molar-refractivity contribution in [2.24, 2.45) is 0 Å². The minimum absolute atomic E-state index is 0.0234. The number of fused-ring (bicyclic) bond motifs is 3. The Morgan fingerprint density at radius 3 is 2.73 bits per heavy atom. The average Bonchev–Trinajstić information content (AvgIpc) is 3.50. The second-order valence-corrected chi connectivity index (χ2v) is 8.59. The molecule has 30 heavy (non-hydrogen) atoms. The molecule has 0 radical (unpaired) electrons. The Morgan fingerprint density at radius 1 is 1.17 bits per heavy atom.